The van der Waals surface area contributed by atoms with Crippen molar-refractivity contribution in [1.82, 2.24) is 10.1 Å². The average Bonchev–Trinajstić information content (AvgIpc) is 2.66. The zero-order valence-electron chi connectivity index (χ0n) is 7.98. The van der Waals surface area contributed by atoms with Gasteiger partial charge < -0.3 is 10.3 Å². The molecular weight excluding hydrogens is 240 g/mol. The summed E-state index contributed by atoms with van der Waals surface area (Å²) in [6, 6.07) is 3.49. The van der Waals surface area contributed by atoms with Crippen LogP contribution in [0.2, 0.25) is 0 Å². The van der Waals surface area contributed by atoms with Gasteiger partial charge in [-0.05, 0) is 12.1 Å². The Balaban J connectivity index is 0.00000128. The predicted molar refractivity (Wildman–Crippen MR) is 54.8 cm³/mol. The van der Waals surface area contributed by atoms with E-state index >= 15 is 0 Å². The molecule has 7 heteroatoms. The monoisotopic (exact) mass is 247 g/mol. The quantitative estimate of drug-likeness (QED) is 0.880. The van der Waals surface area contributed by atoms with Crippen LogP contribution in [0, 0.1) is 11.6 Å². The number of hydrogen-bond acceptors (Lipinski definition) is 4. The third kappa shape index (κ3) is 2.17. The summed E-state index contributed by atoms with van der Waals surface area (Å²) in [5, 5.41) is 3.45. The molecule has 0 aliphatic carbocycles. The molecular formula is C9H8ClF2N3O. The fourth-order valence-corrected chi connectivity index (χ4v) is 1.14. The molecule has 2 aromatic rings. The van der Waals surface area contributed by atoms with Crippen LogP contribution in [0.1, 0.15) is 5.82 Å². The van der Waals surface area contributed by atoms with E-state index in [0.717, 1.165) is 12.1 Å². The van der Waals surface area contributed by atoms with Gasteiger partial charge in [0.25, 0.3) is 5.89 Å². The molecule has 0 bridgehead atoms. The van der Waals surface area contributed by atoms with E-state index in [1.165, 1.54) is 6.07 Å². The van der Waals surface area contributed by atoms with Gasteiger partial charge in [0.15, 0.2) is 5.82 Å². The molecule has 0 saturated heterocycles. The maximum absolute atomic E-state index is 13.3. The Bertz CT molecular complexity index is 469. The number of nitrogens with zero attached hydrogens (tertiary/aromatic N) is 2. The van der Waals surface area contributed by atoms with E-state index in [9.17, 15) is 8.78 Å². The molecule has 0 saturated carbocycles. The van der Waals surface area contributed by atoms with Crippen molar-refractivity contribution in [2.24, 2.45) is 5.73 Å². The van der Waals surface area contributed by atoms with Crippen LogP contribution in [0.4, 0.5) is 8.78 Å². The molecule has 16 heavy (non-hydrogen) atoms. The van der Waals surface area contributed by atoms with Crippen molar-refractivity contribution in [2.45, 2.75) is 6.54 Å². The van der Waals surface area contributed by atoms with E-state index in [4.69, 9.17) is 5.73 Å². The third-order valence-electron chi connectivity index (χ3n) is 1.83. The Labute approximate surface area is 95.9 Å². The summed E-state index contributed by atoms with van der Waals surface area (Å²) in [5.74, 6) is -1.50. The molecule has 1 aromatic heterocycles. The summed E-state index contributed by atoms with van der Waals surface area (Å²) < 4.78 is 31.2. The lowest BCUT2D eigenvalue weighted by atomic mass is 10.2. The maximum Gasteiger partial charge on any atom is 0.263 e. The van der Waals surface area contributed by atoms with Crippen molar-refractivity contribution in [3.05, 3.63) is 35.7 Å². The highest BCUT2D eigenvalue weighted by Gasteiger charge is 2.17. The van der Waals surface area contributed by atoms with Gasteiger partial charge in [0.1, 0.15) is 17.2 Å². The predicted octanol–water partition coefficient (Wildman–Crippen LogP) is 1.90. The van der Waals surface area contributed by atoms with E-state index in [2.05, 4.69) is 14.7 Å². The number of benzene rings is 1. The van der Waals surface area contributed by atoms with Gasteiger partial charge in [0.05, 0.1) is 6.54 Å². The maximum atomic E-state index is 13.3. The lowest BCUT2D eigenvalue weighted by molar-refractivity contribution is 0.417. The largest absolute Gasteiger partial charge is 0.334 e. The van der Waals surface area contributed by atoms with Gasteiger partial charge in [0.2, 0.25) is 0 Å². The van der Waals surface area contributed by atoms with Crippen LogP contribution in [-0.2, 0) is 6.54 Å². The van der Waals surface area contributed by atoms with Crippen molar-refractivity contribution in [3.8, 4) is 11.5 Å². The Morgan fingerprint density at radius 3 is 2.38 bits per heavy atom. The molecule has 0 aliphatic rings. The molecule has 0 unspecified atom stereocenters. The second-order valence-electron chi connectivity index (χ2n) is 2.82. The van der Waals surface area contributed by atoms with E-state index in [0.29, 0.717) is 0 Å². The molecule has 0 aliphatic heterocycles. The first-order chi connectivity index (χ1) is 7.22. The minimum Gasteiger partial charge on any atom is -0.334 e. The molecule has 4 nitrogen and oxygen atoms in total. The second kappa shape index (κ2) is 5.00. The standard InChI is InChI=1S/C9H7F2N3O.ClH/c10-5-2-1-3-6(11)8(5)9-13-7(4-12)14-15-9;/h1-3H,4,12H2;1H. The summed E-state index contributed by atoms with van der Waals surface area (Å²) in [4.78, 5) is 3.74. The lowest BCUT2D eigenvalue weighted by Crippen LogP contribution is -1.98. The molecule has 86 valence electrons. The summed E-state index contributed by atoms with van der Waals surface area (Å²) in [5.41, 5.74) is 4.92. The van der Waals surface area contributed by atoms with Crippen LogP contribution in [0.25, 0.3) is 11.5 Å². The molecule has 1 aromatic carbocycles. The molecule has 0 radical (unpaired) electrons. The van der Waals surface area contributed by atoms with Gasteiger partial charge in [0, 0.05) is 0 Å². The molecule has 1 heterocycles. The number of aromatic nitrogens is 2. The summed E-state index contributed by atoms with van der Waals surface area (Å²) >= 11 is 0. The Morgan fingerprint density at radius 1 is 1.25 bits per heavy atom. The van der Waals surface area contributed by atoms with Crippen LogP contribution in [-0.4, -0.2) is 10.1 Å². The minimum atomic E-state index is -0.748. The highest BCUT2D eigenvalue weighted by atomic mass is 35.5. The number of rotatable bonds is 2. The number of hydrogen-bond donors (Lipinski definition) is 1. The zero-order chi connectivity index (χ0) is 10.8. The SMILES string of the molecule is Cl.NCc1noc(-c2c(F)cccc2F)n1. The molecule has 0 atom stereocenters. The zero-order valence-corrected chi connectivity index (χ0v) is 8.80. The first kappa shape index (κ1) is 12.5. The summed E-state index contributed by atoms with van der Waals surface area (Å²) in [7, 11) is 0. The third-order valence-corrected chi connectivity index (χ3v) is 1.83. The Hall–Kier alpha value is -1.53. The van der Waals surface area contributed by atoms with Crippen LogP contribution in [0.15, 0.2) is 22.7 Å². The first-order valence-electron chi connectivity index (χ1n) is 4.19. The first-order valence-corrected chi connectivity index (χ1v) is 4.19. The van der Waals surface area contributed by atoms with Crippen molar-refractivity contribution < 1.29 is 13.3 Å². The fourth-order valence-electron chi connectivity index (χ4n) is 1.14. The van der Waals surface area contributed by atoms with Crippen molar-refractivity contribution in [3.63, 3.8) is 0 Å². The van der Waals surface area contributed by atoms with E-state index in [-0.39, 0.29) is 36.2 Å². The highest BCUT2D eigenvalue weighted by Crippen LogP contribution is 2.23. The molecule has 2 N–H and O–H groups in total. The van der Waals surface area contributed by atoms with Crippen molar-refractivity contribution in [2.75, 3.05) is 0 Å². The summed E-state index contributed by atoms with van der Waals surface area (Å²) in [6.45, 7) is 0.0551. The van der Waals surface area contributed by atoms with Gasteiger partial charge >= 0.3 is 0 Å². The van der Waals surface area contributed by atoms with Gasteiger partial charge in [-0.25, -0.2) is 8.78 Å². The van der Waals surface area contributed by atoms with Gasteiger partial charge in [-0.15, -0.1) is 12.4 Å². The van der Waals surface area contributed by atoms with Crippen LogP contribution < -0.4 is 5.73 Å². The molecule has 2 rings (SSSR count). The smallest absolute Gasteiger partial charge is 0.263 e. The highest BCUT2D eigenvalue weighted by molar-refractivity contribution is 5.85. The summed E-state index contributed by atoms with van der Waals surface area (Å²) in [6.07, 6.45) is 0. The van der Waals surface area contributed by atoms with E-state index in [1.54, 1.807) is 0 Å². The van der Waals surface area contributed by atoms with Crippen molar-refractivity contribution in [1.29, 1.82) is 0 Å². The average molecular weight is 248 g/mol. The van der Waals surface area contributed by atoms with Crippen LogP contribution in [0.5, 0.6) is 0 Å². The number of nitrogens with two attached hydrogens (primary N) is 1. The topological polar surface area (TPSA) is 64.9 Å². The lowest BCUT2D eigenvalue weighted by Gasteiger charge is -1.97. The van der Waals surface area contributed by atoms with E-state index < -0.39 is 11.6 Å². The van der Waals surface area contributed by atoms with Gasteiger partial charge in [-0.3, -0.25) is 0 Å². The fraction of sp³-hybridized carbons (Fsp3) is 0.111. The van der Waals surface area contributed by atoms with Crippen LogP contribution >= 0.6 is 12.4 Å². The van der Waals surface area contributed by atoms with Crippen LogP contribution in [0.3, 0.4) is 0 Å². The van der Waals surface area contributed by atoms with Gasteiger partial charge in [-0.1, -0.05) is 11.2 Å². The number of halogens is 3. The minimum absolute atomic E-state index is 0. The van der Waals surface area contributed by atoms with E-state index in [1.807, 2.05) is 0 Å². The Kier molecular flexibility index (Phi) is 3.92. The second-order valence-corrected chi connectivity index (χ2v) is 2.82. The molecule has 0 amide bonds. The van der Waals surface area contributed by atoms with Crippen molar-refractivity contribution >= 4 is 12.4 Å². The van der Waals surface area contributed by atoms with Gasteiger partial charge in [-0.2, -0.15) is 4.98 Å². The Morgan fingerprint density at radius 2 is 1.88 bits per heavy atom. The molecule has 0 spiro atoms. The molecule has 0 fully saturated rings. The normalized spacial score (nSPS) is 9.94.